The molecule has 122 valence electrons. The number of benzene rings is 1. The van der Waals surface area contributed by atoms with Crippen molar-refractivity contribution in [2.75, 3.05) is 6.26 Å². The van der Waals surface area contributed by atoms with Crippen LogP contribution < -0.4 is 5.32 Å². The van der Waals surface area contributed by atoms with Gasteiger partial charge >= 0.3 is 0 Å². The van der Waals surface area contributed by atoms with Gasteiger partial charge < -0.3 is 4.90 Å². The number of nitrogens with one attached hydrogen (secondary N) is 1. The number of piperidine rings is 1. The Morgan fingerprint density at radius 3 is 2.65 bits per heavy atom. The third-order valence-corrected chi connectivity index (χ3v) is 4.88. The summed E-state index contributed by atoms with van der Waals surface area (Å²) in [6.07, 6.45) is 1.65. The summed E-state index contributed by atoms with van der Waals surface area (Å²) in [5.74, 6) is -1.22. The fourth-order valence-electron chi connectivity index (χ4n) is 2.99. The van der Waals surface area contributed by atoms with Gasteiger partial charge in [-0.1, -0.05) is 12.1 Å². The Labute approximate surface area is 133 Å². The summed E-state index contributed by atoms with van der Waals surface area (Å²) in [6, 6.07) is 4.32. The first-order valence-electron chi connectivity index (χ1n) is 7.19. The Balaban J connectivity index is 1.85. The van der Waals surface area contributed by atoms with Crippen LogP contribution >= 0.6 is 0 Å². The summed E-state index contributed by atoms with van der Waals surface area (Å²) in [7, 11) is -3.19. The van der Waals surface area contributed by atoms with Crippen LogP contribution in [0.3, 0.4) is 0 Å². The standard InChI is InChI=1S/C15H16N2O5S/c1-23(21,22)8-9-2-3-10-7-17(15(20)11(10)6-9)12-4-5-13(18)16-14(12)19/h2-3,6,12H,4-5,7-8H2,1H3,(H,16,18,19). The molecule has 1 aromatic carbocycles. The summed E-state index contributed by atoms with van der Waals surface area (Å²) in [6.45, 7) is 0.291. The van der Waals surface area contributed by atoms with E-state index in [1.54, 1.807) is 18.2 Å². The monoisotopic (exact) mass is 336 g/mol. The van der Waals surface area contributed by atoms with Gasteiger partial charge in [-0.05, 0) is 23.6 Å². The summed E-state index contributed by atoms with van der Waals surface area (Å²) in [5.41, 5.74) is 1.73. The van der Waals surface area contributed by atoms with E-state index < -0.39 is 21.8 Å². The Bertz CT molecular complexity index is 815. The van der Waals surface area contributed by atoms with Gasteiger partial charge in [0.25, 0.3) is 5.91 Å². The number of carbonyl (C=O) groups is 3. The van der Waals surface area contributed by atoms with E-state index in [4.69, 9.17) is 0 Å². The van der Waals surface area contributed by atoms with Gasteiger partial charge in [-0.25, -0.2) is 8.42 Å². The molecule has 1 aromatic rings. The number of amides is 3. The van der Waals surface area contributed by atoms with Crippen molar-refractivity contribution >= 4 is 27.6 Å². The number of sulfone groups is 1. The molecule has 1 saturated heterocycles. The van der Waals surface area contributed by atoms with Crippen molar-refractivity contribution in [3.05, 3.63) is 34.9 Å². The minimum Gasteiger partial charge on any atom is -0.322 e. The van der Waals surface area contributed by atoms with Crippen molar-refractivity contribution in [1.82, 2.24) is 10.2 Å². The van der Waals surface area contributed by atoms with E-state index in [0.29, 0.717) is 24.1 Å². The van der Waals surface area contributed by atoms with Gasteiger partial charge in [0.1, 0.15) is 6.04 Å². The number of fused-ring (bicyclic) bond motifs is 1. The van der Waals surface area contributed by atoms with Gasteiger partial charge in [0.05, 0.1) is 5.75 Å². The SMILES string of the molecule is CS(=O)(=O)Cc1ccc2c(c1)C(=O)N(C1CCC(=O)NC1=O)C2. The van der Waals surface area contributed by atoms with Crippen LogP contribution in [0.25, 0.3) is 0 Å². The zero-order valence-electron chi connectivity index (χ0n) is 12.5. The Morgan fingerprint density at radius 1 is 1.26 bits per heavy atom. The number of imide groups is 1. The maximum Gasteiger partial charge on any atom is 0.255 e. The van der Waals surface area contributed by atoms with Gasteiger partial charge in [-0.15, -0.1) is 0 Å². The number of rotatable bonds is 3. The molecule has 7 nitrogen and oxygen atoms in total. The van der Waals surface area contributed by atoms with Crippen molar-refractivity contribution < 1.29 is 22.8 Å². The van der Waals surface area contributed by atoms with E-state index in [2.05, 4.69) is 5.32 Å². The summed E-state index contributed by atoms with van der Waals surface area (Å²) >= 11 is 0. The number of hydrogen-bond acceptors (Lipinski definition) is 5. The van der Waals surface area contributed by atoms with Gasteiger partial charge in [0.15, 0.2) is 9.84 Å². The third-order valence-electron chi connectivity index (χ3n) is 4.02. The maximum atomic E-state index is 12.6. The molecule has 23 heavy (non-hydrogen) atoms. The van der Waals surface area contributed by atoms with Crippen LogP contribution in [0.2, 0.25) is 0 Å². The molecule has 1 N–H and O–H groups in total. The van der Waals surface area contributed by atoms with Crippen LogP contribution in [0.4, 0.5) is 0 Å². The van der Waals surface area contributed by atoms with Crippen molar-refractivity contribution in [2.45, 2.75) is 31.2 Å². The molecule has 0 aliphatic carbocycles. The van der Waals surface area contributed by atoms with E-state index in [1.165, 1.54) is 4.90 Å². The number of nitrogens with zero attached hydrogens (tertiary/aromatic N) is 1. The molecule has 1 fully saturated rings. The molecule has 0 aromatic heterocycles. The smallest absolute Gasteiger partial charge is 0.255 e. The molecule has 0 spiro atoms. The summed E-state index contributed by atoms with van der Waals surface area (Å²) < 4.78 is 22.8. The Morgan fingerprint density at radius 2 is 2.00 bits per heavy atom. The lowest BCUT2D eigenvalue weighted by molar-refractivity contribution is -0.136. The van der Waals surface area contributed by atoms with Crippen LogP contribution in [0.15, 0.2) is 18.2 Å². The second-order valence-corrected chi connectivity index (χ2v) is 8.10. The second-order valence-electron chi connectivity index (χ2n) is 5.96. The summed E-state index contributed by atoms with van der Waals surface area (Å²) in [5, 5.41) is 2.24. The minimum absolute atomic E-state index is 0.133. The number of carbonyl (C=O) groups excluding carboxylic acids is 3. The van der Waals surface area contributed by atoms with Gasteiger partial charge in [0, 0.05) is 24.8 Å². The molecule has 2 heterocycles. The zero-order valence-corrected chi connectivity index (χ0v) is 13.4. The van der Waals surface area contributed by atoms with Gasteiger partial charge in [0.2, 0.25) is 11.8 Å². The largest absolute Gasteiger partial charge is 0.322 e. The van der Waals surface area contributed by atoms with Gasteiger partial charge in [-0.3, -0.25) is 19.7 Å². The molecule has 1 unspecified atom stereocenters. The average Bonchev–Trinajstić information content (AvgIpc) is 2.74. The maximum absolute atomic E-state index is 12.6. The molecule has 0 radical (unpaired) electrons. The normalized spacial score (nSPS) is 21.3. The van der Waals surface area contributed by atoms with E-state index in [0.717, 1.165) is 11.8 Å². The van der Waals surface area contributed by atoms with Crippen molar-refractivity contribution in [1.29, 1.82) is 0 Å². The van der Waals surface area contributed by atoms with E-state index in [1.807, 2.05) is 0 Å². The van der Waals surface area contributed by atoms with Crippen molar-refractivity contribution in [3.8, 4) is 0 Å². The second kappa shape index (κ2) is 5.45. The van der Waals surface area contributed by atoms with Crippen LogP contribution in [-0.2, 0) is 31.7 Å². The highest BCUT2D eigenvalue weighted by atomic mass is 32.2. The quantitative estimate of drug-likeness (QED) is 0.783. The van der Waals surface area contributed by atoms with E-state index in [9.17, 15) is 22.8 Å². The predicted molar refractivity (Wildman–Crippen MR) is 81.0 cm³/mol. The average molecular weight is 336 g/mol. The predicted octanol–water partition coefficient (Wildman–Crippen LogP) is -0.00780. The summed E-state index contributed by atoms with van der Waals surface area (Å²) in [4.78, 5) is 37.2. The number of hydrogen-bond donors (Lipinski definition) is 1. The highest BCUT2D eigenvalue weighted by Crippen LogP contribution is 2.28. The van der Waals surface area contributed by atoms with E-state index >= 15 is 0 Å². The first-order chi connectivity index (χ1) is 10.7. The molecule has 2 aliphatic rings. The third kappa shape index (κ3) is 3.12. The zero-order chi connectivity index (χ0) is 16.8. The first-order valence-corrected chi connectivity index (χ1v) is 9.25. The fourth-order valence-corrected chi connectivity index (χ4v) is 3.78. The Hall–Kier alpha value is -2.22. The lowest BCUT2D eigenvalue weighted by Gasteiger charge is -2.29. The van der Waals surface area contributed by atoms with Crippen LogP contribution in [0.5, 0.6) is 0 Å². The van der Waals surface area contributed by atoms with Crippen LogP contribution in [0, 0.1) is 0 Å². The lowest BCUT2D eigenvalue weighted by atomic mass is 10.0. The molecular weight excluding hydrogens is 320 g/mol. The highest BCUT2D eigenvalue weighted by Gasteiger charge is 2.39. The Kier molecular flexibility index (Phi) is 3.71. The molecule has 3 amide bonds. The topological polar surface area (TPSA) is 101 Å². The van der Waals surface area contributed by atoms with E-state index in [-0.39, 0.29) is 24.0 Å². The first kappa shape index (κ1) is 15.7. The van der Waals surface area contributed by atoms with Crippen LogP contribution in [-0.4, -0.2) is 43.3 Å². The molecule has 2 aliphatic heterocycles. The molecule has 3 rings (SSSR count). The fraction of sp³-hybridized carbons (Fsp3) is 0.400. The minimum atomic E-state index is -3.19. The highest BCUT2D eigenvalue weighted by molar-refractivity contribution is 7.89. The molecule has 0 saturated carbocycles. The lowest BCUT2D eigenvalue weighted by Crippen LogP contribution is -2.52. The van der Waals surface area contributed by atoms with Crippen LogP contribution in [0.1, 0.15) is 34.3 Å². The van der Waals surface area contributed by atoms with Crippen molar-refractivity contribution in [3.63, 3.8) is 0 Å². The molecule has 8 heteroatoms. The molecule has 0 bridgehead atoms. The molecule has 1 atom stereocenters. The molecular formula is C15H16N2O5S. The van der Waals surface area contributed by atoms with Crippen molar-refractivity contribution in [2.24, 2.45) is 0 Å². The van der Waals surface area contributed by atoms with Gasteiger partial charge in [-0.2, -0.15) is 0 Å².